The monoisotopic (exact) mass is 358 g/mol. The van der Waals surface area contributed by atoms with E-state index in [1.807, 2.05) is 0 Å². The van der Waals surface area contributed by atoms with Crippen molar-refractivity contribution in [3.63, 3.8) is 0 Å². The largest absolute Gasteiger partial charge is 0.299 e. The van der Waals surface area contributed by atoms with Crippen molar-refractivity contribution in [2.45, 2.75) is 12.8 Å². The third kappa shape index (κ3) is 4.12. The van der Waals surface area contributed by atoms with Crippen LogP contribution in [0.25, 0.3) is 0 Å². The summed E-state index contributed by atoms with van der Waals surface area (Å²) in [6.07, 6.45) is 0.192. The molecule has 0 aliphatic carbocycles. The van der Waals surface area contributed by atoms with Crippen LogP contribution in [0.1, 0.15) is 11.1 Å². The van der Waals surface area contributed by atoms with Crippen molar-refractivity contribution in [1.29, 1.82) is 0 Å². The highest BCUT2D eigenvalue weighted by atomic mass is 79.9. The van der Waals surface area contributed by atoms with E-state index in [0.717, 1.165) is 0 Å². The van der Waals surface area contributed by atoms with Crippen LogP contribution >= 0.6 is 27.5 Å². The Balaban J connectivity index is 2.09. The van der Waals surface area contributed by atoms with Gasteiger partial charge >= 0.3 is 0 Å². The van der Waals surface area contributed by atoms with Gasteiger partial charge in [0.2, 0.25) is 0 Å². The van der Waals surface area contributed by atoms with Crippen LogP contribution in [-0.4, -0.2) is 5.78 Å². The van der Waals surface area contributed by atoms with E-state index in [4.69, 9.17) is 11.6 Å². The number of ketones is 1. The molecule has 0 bridgehead atoms. The molecule has 20 heavy (non-hydrogen) atoms. The Morgan fingerprint density at radius 3 is 2.45 bits per heavy atom. The predicted octanol–water partition coefficient (Wildman–Crippen LogP) is 4.74. The van der Waals surface area contributed by atoms with Gasteiger partial charge in [0.05, 0.1) is 0 Å². The number of hydrogen-bond acceptors (Lipinski definition) is 1. The second-order valence-electron chi connectivity index (χ2n) is 4.41. The van der Waals surface area contributed by atoms with Crippen LogP contribution < -0.4 is 0 Å². The Bertz CT molecular complexity index is 638. The van der Waals surface area contributed by atoms with Crippen LogP contribution in [0.5, 0.6) is 0 Å². The Labute approximate surface area is 128 Å². The summed E-state index contributed by atoms with van der Waals surface area (Å²) in [5, 5.41) is 0.221. The van der Waals surface area contributed by atoms with Crippen molar-refractivity contribution in [2.24, 2.45) is 0 Å². The number of carbonyl (C=O) groups excluding carboxylic acids is 1. The number of halogens is 4. The zero-order valence-corrected chi connectivity index (χ0v) is 12.6. The molecule has 0 atom stereocenters. The zero-order chi connectivity index (χ0) is 14.7. The lowest BCUT2D eigenvalue weighted by molar-refractivity contribution is -0.117. The van der Waals surface area contributed by atoms with Crippen molar-refractivity contribution in [1.82, 2.24) is 0 Å². The Morgan fingerprint density at radius 1 is 1.05 bits per heavy atom. The maximum Gasteiger partial charge on any atom is 0.141 e. The van der Waals surface area contributed by atoms with Crippen LogP contribution in [0, 0.1) is 11.6 Å². The molecule has 0 aromatic heterocycles. The molecule has 0 saturated heterocycles. The average molecular weight is 360 g/mol. The first kappa shape index (κ1) is 15.1. The molecule has 2 aromatic rings. The molecular weight excluding hydrogens is 350 g/mol. The van der Waals surface area contributed by atoms with E-state index < -0.39 is 11.6 Å². The van der Waals surface area contributed by atoms with E-state index in [0.29, 0.717) is 15.6 Å². The molecule has 0 heterocycles. The molecule has 0 spiro atoms. The molecule has 2 rings (SSSR count). The summed E-state index contributed by atoms with van der Waals surface area (Å²) >= 11 is 9.04. The number of Topliss-reactive ketones (excluding diaryl/α,β-unsaturated/α-hetero) is 1. The number of rotatable bonds is 4. The molecule has 0 aliphatic heterocycles. The fraction of sp³-hybridized carbons (Fsp3) is 0.133. The molecule has 0 aliphatic rings. The molecule has 0 N–H and O–H groups in total. The Kier molecular flexibility index (Phi) is 4.89. The summed E-state index contributed by atoms with van der Waals surface area (Å²) in [5.74, 6) is -0.960. The molecule has 0 saturated carbocycles. The fourth-order valence-corrected chi connectivity index (χ4v) is 2.63. The smallest absolute Gasteiger partial charge is 0.141 e. The van der Waals surface area contributed by atoms with E-state index in [1.54, 1.807) is 6.07 Å². The first-order valence-electron chi connectivity index (χ1n) is 5.84. The summed E-state index contributed by atoms with van der Waals surface area (Å²) in [6.45, 7) is 0. The third-order valence-electron chi connectivity index (χ3n) is 2.73. The van der Waals surface area contributed by atoms with Gasteiger partial charge in [-0.2, -0.15) is 0 Å². The number of benzene rings is 2. The Hall–Kier alpha value is -1.26. The maximum atomic E-state index is 13.2. The van der Waals surface area contributed by atoms with Crippen LogP contribution in [-0.2, 0) is 17.6 Å². The van der Waals surface area contributed by atoms with E-state index in [1.165, 1.54) is 30.3 Å². The molecule has 0 unspecified atom stereocenters. The SMILES string of the molecule is O=C(Cc1cc(F)cc(Br)c1)Cc1ccc(F)cc1Cl. The van der Waals surface area contributed by atoms with Crippen molar-refractivity contribution >= 4 is 33.3 Å². The highest BCUT2D eigenvalue weighted by Crippen LogP contribution is 2.20. The third-order valence-corrected chi connectivity index (χ3v) is 3.54. The van der Waals surface area contributed by atoms with Gasteiger partial charge < -0.3 is 0 Å². The van der Waals surface area contributed by atoms with E-state index in [9.17, 15) is 13.6 Å². The molecule has 5 heteroatoms. The van der Waals surface area contributed by atoms with Crippen molar-refractivity contribution < 1.29 is 13.6 Å². The lowest BCUT2D eigenvalue weighted by atomic mass is 10.0. The van der Waals surface area contributed by atoms with Gasteiger partial charge in [-0.3, -0.25) is 4.79 Å². The topological polar surface area (TPSA) is 17.1 Å². The van der Waals surface area contributed by atoms with Crippen molar-refractivity contribution in [2.75, 3.05) is 0 Å². The predicted molar refractivity (Wildman–Crippen MR) is 77.9 cm³/mol. The molecule has 2 aromatic carbocycles. The summed E-state index contributed by atoms with van der Waals surface area (Å²) in [5.41, 5.74) is 1.15. The average Bonchev–Trinajstić information content (AvgIpc) is 2.31. The quantitative estimate of drug-likeness (QED) is 0.771. The van der Waals surface area contributed by atoms with E-state index in [2.05, 4.69) is 15.9 Å². The van der Waals surface area contributed by atoms with Crippen molar-refractivity contribution in [3.8, 4) is 0 Å². The van der Waals surface area contributed by atoms with E-state index >= 15 is 0 Å². The zero-order valence-electron chi connectivity index (χ0n) is 10.3. The minimum Gasteiger partial charge on any atom is -0.299 e. The van der Waals surface area contributed by atoms with Gasteiger partial charge in [-0.05, 0) is 41.5 Å². The first-order valence-corrected chi connectivity index (χ1v) is 7.02. The summed E-state index contributed by atoms with van der Waals surface area (Å²) in [6, 6.07) is 8.24. The second kappa shape index (κ2) is 6.46. The number of carbonyl (C=O) groups is 1. The number of hydrogen-bond donors (Lipinski definition) is 0. The van der Waals surface area contributed by atoms with Gasteiger partial charge in [-0.1, -0.05) is 33.6 Å². The molecule has 0 fully saturated rings. The van der Waals surface area contributed by atoms with Gasteiger partial charge in [-0.25, -0.2) is 8.78 Å². The standard InChI is InChI=1S/C15H10BrClF2O/c16-11-3-9(4-13(19)7-11)5-14(20)6-10-1-2-12(18)8-15(10)17/h1-4,7-8H,5-6H2. The van der Waals surface area contributed by atoms with E-state index in [-0.39, 0.29) is 23.6 Å². The highest BCUT2D eigenvalue weighted by Gasteiger charge is 2.10. The molecule has 104 valence electrons. The second-order valence-corrected chi connectivity index (χ2v) is 5.73. The van der Waals surface area contributed by atoms with Gasteiger partial charge in [0.15, 0.2) is 0 Å². The van der Waals surface area contributed by atoms with Gasteiger partial charge in [0.1, 0.15) is 17.4 Å². The lowest BCUT2D eigenvalue weighted by Crippen LogP contribution is -2.07. The van der Waals surface area contributed by atoms with Crippen LogP contribution in [0.15, 0.2) is 40.9 Å². The van der Waals surface area contributed by atoms with Crippen LogP contribution in [0.4, 0.5) is 8.78 Å². The Morgan fingerprint density at radius 2 is 1.80 bits per heavy atom. The van der Waals surface area contributed by atoms with Gasteiger partial charge in [0.25, 0.3) is 0 Å². The normalized spacial score (nSPS) is 10.6. The highest BCUT2D eigenvalue weighted by molar-refractivity contribution is 9.10. The lowest BCUT2D eigenvalue weighted by Gasteiger charge is -2.05. The van der Waals surface area contributed by atoms with Crippen LogP contribution in [0.2, 0.25) is 5.02 Å². The minimum atomic E-state index is -0.444. The summed E-state index contributed by atoms with van der Waals surface area (Å²) in [4.78, 5) is 12.0. The summed E-state index contributed by atoms with van der Waals surface area (Å²) < 4.78 is 26.7. The molecule has 0 radical (unpaired) electrons. The molecule has 1 nitrogen and oxygen atoms in total. The fourth-order valence-electron chi connectivity index (χ4n) is 1.88. The van der Waals surface area contributed by atoms with Crippen LogP contribution in [0.3, 0.4) is 0 Å². The van der Waals surface area contributed by atoms with Crippen molar-refractivity contribution in [3.05, 3.63) is 68.7 Å². The molecule has 0 amide bonds. The van der Waals surface area contributed by atoms with Gasteiger partial charge in [0, 0.05) is 22.3 Å². The minimum absolute atomic E-state index is 0.0905. The summed E-state index contributed by atoms with van der Waals surface area (Å²) in [7, 11) is 0. The first-order chi connectivity index (χ1) is 9.44. The maximum absolute atomic E-state index is 13.2. The molecular formula is C15H10BrClF2O. The van der Waals surface area contributed by atoms with Gasteiger partial charge in [-0.15, -0.1) is 0 Å².